The fourth-order valence-corrected chi connectivity index (χ4v) is 2.49. The van der Waals surface area contributed by atoms with Gasteiger partial charge in [-0.25, -0.2) is 0 Å². The lowest BCUT2D eigenvalue weighted by atomic mass is 10.2. The number of carbonyl (C=O) groups excluding carboxylic acids is 1. The van der Waals surface area contributed by atoms with Crippen molar-refractivity contribution in [3.05, 3.63) is 81.0 Å². The maximum absolute atomic E-state index is 12.1. The monoisotopic (exact) mass is 387 g/mol. The third-order valence-electron chi connectivity index (χ3n) is 3.64. The number of hydrogen-bond acceptors (Lipinski definition) is 6. The van der Waals surface area contributed by atoms with E-state index in [9.17, 15) is 14.9 Å². The van der Waals surface area contributed by atoms with Gasteiger partial charge in [-0.1, -0.05) is 11.6 Å². The first-order valence-corrected chi connectivity index (χ1v) is 8.17. The number of nitro groups is 1. The Balaban J connectivity index is 1.65. The highest BCUT2D eigenvalue weighted by Gasteiger charge is 2.16. The van der Waals surface area contributed by atoms with E-state index in [0.717, 1.165) is 0 Å². The van der Waals surface area contributed by atoms with Crippen molar-refractivity contribution in [2.45, 2.75) is 6.61 Å². The Kier molecular flexibility index (Phi) is 5.37. The number of rotatable bonds is 7. The number of nitro benzene ring substituents is 1. The molecule has 0 N–H and O–H groups in total. The van der Waals surface area contributed by atoms with Gasteiger partial charge < -0.3 is 9.15 Å². The fraction of sp³-hybridized carbons (Fsp3) is 0.111. The molecular weight excluding hydrogens is 374 g/mol. The molecule has 0 atom stereocenters. The van der Waals surface area contributed by atoms with Crippen molar-refractivity contribution in [2.75, 3.05) is 0 Å². The number of aryl methyl sites for hydroxylation is 1. The van der Waals surface area contributed by atoms with Gasteiger partial charge in [-0.15, -0.1) is 0 Å². The normalized spacial score (nSPS) is 11.0. The first-order valence-electron chi connectivity index (χ1n) is 7.80. The van der Waals surface area contributed by atoms with Crippen LogP contribution in [0.5, 0.6) is 5.75 Å². The van der Waals surface area contributed by atoms with Crippen molar-refractivity contribution in [1.82, 2.24) is 9.78 Å². The van der Waals surface area contributed by atoms with Crippen LogP contribution in [-0.4, -0.2) is 20.5 Å². The molecule has 0 saturated carbocycles. The van der Waals surface area contributed by atoms with E-state index in [1.807, 2.05) is 0 Å². The second kappa shape index (κ2) is 7.88. The largest absolute Gasteiger partial charge is 0.479 e. The first-order chi connectivity index (χ1) is 12.9. The van der Waals surface area contributed by atoms with E-state index in [4.69, 9.17) is 20.8 Å². The van der Waals surface area contributed by atoms with Gasteiger partial charge in [0.15, 0.2) is 5.75 Å². The van der Waals surface area contributed by atoms with Gasteiger partial charge in [0.25, 0.3) is 0 Å². The number of carbonyl (C=O) groups is 1. The third kappa shape index (κ3) is 4.42. The van der Waals surface area contributed by atoms with E-state index in [2.05, 4.69) is 5.10 Å². The smallest absolute Gasteiger partial charge is 0.312 e. The fourth-order valence-electron chi connectivity index (χ4n) is 2.32. The summed E-state index contributed by atoms with van der Waals surface area (Å²) in [5, 5.41) is 15.2. The number of furan rings is 1. The molecule has 0 fully saturated rings. The van der Waals surface area contributed by atoms with Crippen LogP contribution in [0.15, 0.2) is 53.1 Å². The molecule has 0 saturated heterocycles. The Morgan fingerprint density at radius 1 is 1.37 bits per heavy atom. The predicted octanol–water partition coefficient (Wildman–Crippen LogP) is 4.05. The average molecular weight is 388 g/mol. The van der Waals surface area contributed by atoms with E-state index in [1.165, 1.54) is 35.0 Å². The summed E-state index contributed by atoms with van der Waals surface area (Å²) in [6.07, 6.45) is 4.45. The summed E-state index contributed by atoms with van der Waals surface area (Å²) in [4.78, 5) is 22.5. The van der Waals surface area contributed by atoms with Gasteiger partial charge in [0.1, 0.15) is 23.8 Å². The minimum atomic E-state index is -0.568. The second-order valence-electron chi connectivity index (χ2n) is 5.50. The second-order valence-corrected chi connectivity index (χ2v) is 5.94. The molecular formula is C18H14ClN3O5. The summed E-state index contributed by atoms with van der Waals surface area (Å²) in [5.41, 5.74) is 0.229. The number of halogens is 1. The molecule has 0 unspecified atom stereocenters. The first kappa shape index (κ1) is 18.4. The number of ether oxygens (including phenoxy) is 1. The van der Waals surface area contributed by atoms with Crippen molar-refractivity contribution in [3.63, 3.8) is 0 Å². The highest BCUT2D eigenvalue weighted by Crippen LogP contribution is 2.30. The molecule has 0 amide bonds. The highest BCUT2D eigenvalue weighted by atomic mass is 35.5. The summed E-state index contributed by atoms with van der Waals surface area (Å²) in [7, 11) is 1.68. The number of aromatic nitrogens is 2. The van der Waals surface area contributed by atoms with Gasteiger partial charge in [0, 0.05) is 24.3 Å². The molecule has 2 heterocycles. The Bertz CT molecular complexity index is 1020. The van der Waals surface area contributed by atoms with Crippen LogP contribution in [0, 0.1) is 10.1 Å². The van der Waals surface area contributed by atoms with Gasteiger partial charge in [0.05, 0.1) is 4.92 Å². The van der Waals surface area contributed by atoms with Gasteiger partial charge in [0.2, 0.25) is 5.78 Å². The lowest BCUT2D eigenvalue weighted by molar-refractivity contribution is -0.385. The SMILES string of the molecule is Cn1nccc1C(=O)/C=C/c1ccc(COc2ccc(Cl)cc2[N+](=O)[O-])o1. The van der Waals surface area contributed by atoms with Crippen molar-refractivity contribution in [2.24, 2.45) is 7.05 Å². The molecule has 8 nitrogen and oxygen atoms in total. The molecule has 138 valence electrons. The highest BCUT2D eigenvalue weighted by molar-refractivity contribution is 6.30. The summed E-state index contributed by atoms with van der Waals surface area (Å²) in [6, 6.07) is 9.10. The van der Waals surface area contributed by atoms with Crippen LogP contribution in [0.3, 0.4) is 0 Å². The molecule has 0 radical (unpaired) electrons. The van der Waals surface area contributed by atoms with Gasteiger partial charge in [-0.2, -0.15) is 5.10 Å². The maximum atomic E-state index is 12.1. The van der Waals surface area contributed by atoms with Crippen LogP contribution < -0.4 is 4.74 Å². The minimum absolute atomic E-state index is 0.00795. The van der Waals surface area contributed by atoms with Crippen molar-refractivity contribution in [1.29, 1.82) is 0 Å². The van der Waals surface area contributed by atoms with Crippen LogP contribution in [0.25, 0.3) is 6.08 Å². The van der Waals surface area contributed by atoms with E-state index >= 15 is 0 Å². The Morgan fingerprint density at radius 2 is 2.19 bits per heavy atom. The third-order valence-corrected chi connectivity index (χ3v) is 3.88. The molecule has 3 aromatic rings. The quantitative estimate of drug-likeness (QED) is 0.262. The number of benzene rings is 1. The predicted molar refractivity (Wildman–Crippen MR) is 97.7 cm³/mol. The number of allylic oxidation sites excluding steroid dienone is 1. The Labute approximate surface area is 158 Å². The van der Waals surface area contributed by atoms with E-state index < -0.39 is 4.92 Å². The lowest BCUT2D eigenvalue weighted by Crippen LogP contribution is -2.03. The average Bonchev–Trinajstić information content (AvgIpc) is 3.27. The molecule has 0 spiro atoms. The van der Waals surface area contributed by atoms with Crippen molar-refractivity contribution < 1.29 is 18.9 Å². The Morgan fingerprint density at radius 3 is 2.89 bits per heavy atom. The van der Waals surface area contributed by atoms with Crippen LogP contribution in [0.4, 0.5) is 5.69 Å². The minimum Gasteiger partial charge on any atom is -0.479 e. The summed E-state index contributed by atoms with van der Waals surface area (Å²) < 4.78 is 12.5. The van der Waals surface area contributed by atoms with E-state index in [0.29, 0.717) is 17.2 Å². The van der Waals surface area contributed by atoms with Crippen molar-refractivity contribution in [3.8, 4) is 5.75 Å². The van der Waals surface area contributed by atoms with Crippen LogP contribution >= 0.6 is 11.6 Å². The van der Waals surface area contributed by atoms with Gasteiger partial charge >= 0.3 is 5.69 Å². The summed E-state index contributed by atoms with van der Waals surface area (Å²) in [6.45, 7) is -0.00795. The zero-order valence-corrected chi connectivity index (χ0v) is 14.9. The van der Waals surface area contributed by atoms with Crippen LogP contribution in [0.2, 0.25) is 5.02 Å². The molecule has 27 heavy (non-hydrogen) atoms. The molecule has 3 rings (SSSR count). The Hall–Kier alpha value is -3.39. The zero-order valence-electron chi connectivity index (χ0n) is 14.2. The number of nitrogens with zero attached hydrogens (tertiary/aromatic N) is 3. The molecule has 0 aliphatic carbocycles. The molecule has 1 aromatic carbocycles. The van der Waals surface area contributed by atoms with E-state index in [-0.39, 0.29) is 28.8 Å². The molecule has 0 bridgehead atoms. The number of hydrogen-bond donors (Lipinski definition) is 0. The van der Waals surface area contributed by atoms with E-state index in [1.54, 1.807) is 31.4 Å². The van der Waals surface area contributed by atoms with Crippen LogP contribution in [-0.2, 0) is 13.7 Å². The lowest BCUT2D eigenvalue weighted by Gasteiger charge is -2.05. The topological polar surface area (TPSA) is 100 Å². The molecule has 0 aliphatic heterocycles. The molecule has 2 aromatic heterocycles. The van der Waals surface area contributed by atoms with Gasteiger partial charge in [-0.05, 0) is 42.5 Å². The standard InChI is InChI=1S/C18H14ClN3O5/c1-21-15(8-9-20-21)17(23)6-5-13-3-4-14(27-13)11-26-18-7-2-12(19)10-16(18)22(24)25/h2-10H,11H2,1H3/b6-5+. The molecule has 9 heteroatoms. The maximum Gasteiger partial charge on any atom is 0.312 e. The molecule has 0 aliphatic rings. The number of ketones is 1. The summed E-state index contributed by atoms with van der Waals surface area (Å²) >= 11 is 5.77. The zero-order chi connectivity index (χ0) is 19.4. The van der Waals surface area contributed by atoms with Crippen molar-refractivity contribution >= 4 is 29.1 Å². The summed E-state index contributed by atoms with van der Waals surface area (Å²) in [5.74, 6) is 0.784. The van der Waals surface area contributed by atoms with Gasteiger partial charge in [-0.3, -0.25) is 19.6 Å². The van der Waals surface area contributed by atoms with Crippen LogP contribution in [0.1, 0.15) is 22.0 Å².